The second-order valence-corrected chi connectivity index (χ2v) is 5.44. The zero-order valence-corrected chi connectivity index (χ0v) is 11.0. The van der Waals surface area contributed by atoms with Crippen LogP contribution in [0.2, 0.25) is 0 Å². The molecule has 1 aliphatic rings. The molecule has 3 nitrogen and oxygen atoms in total. The van der Waals surface area contributed by atoms with Crippen LogP contribution in [0.4, 0.5) is 0 Å². The van der Waals surface area contributed by atoms with E-state index in [0.29, 0.717) is 6.04 Å². The van der Waals surface area contributed by atoms with Crippen molar-refractivity contribution < 1.29 is 4.74 Å². The molecule has 0 unspecified atom stereocenters. The minimum absolute atomic E-state index is 0.496. The smallest absolute Gasteiger partial charge is 0.138 e. The van der Waals surface area contributed by atoms with Crippen molar-refractivity contribution in [2.45, 2.75) is 18.9 Å². The zero-order chi connectivity index (χ0) is 12.2. The maximum absolute atomic E-state index is 5.81. The van der Waals surface area contributed by atoms with Gasteiger partial charge in [0, 0.05) is 22.7 Å². The fourth-order valence-corrected chi connectivity index (χ4v) is 2.88. The summed E-state index contributed by atoms with van der Waals surface area (Å²) in [6.45, 7) is 1.84. The molecule has 4 heteroatoms. The summed E-state index contributed by atoms with van der Waals surface area (Å²) in [5, 5.41) is 5.50. The number of pyridine rings is 1. The second kappa shape index (κ2) is 5.50. The highest BCUT2D eigenvalue weighted by Gasteiger charge is 2.14. The number of thiophene rings is 1. The number of hydrogen-bond acceptors (Lipinski definition) is 4. The molecule has 1 aliphatic heterocycles. The first-order valence-electron chi connectivity index (χ1n) is 6.27. The lowest BCUT2D eigenvalue weighted by molar-refractivity contribution is 0.276. The summed E-state index contributed by atoms with van der Waals surface area (Å²) in [6, 6.07) is 6.71. The van der Waals surface area contributed by atoms with E-state index < -0.39 is 0 Å². The van der Waals surface area contributed by atoms with Crippen LogP contribution in [0, 0.1) is 0 Å². The molecule has 0 saturated carbocycles. The van der Waals surface area contributed by atoms with E-state index in [1.165, 1.54) is 17.7 Å². The van der Waals surface area contributed by atoms with Gasteiger partial charge in [-0.1, -0.05) is 6.07 Å². The normalized spacial score (nSPS) is 19.0. The number of nitrogens with one attached hydrogen (secondary N) is 1. The molecule has 0 amide bonds. The van der Waals surface area contributed by atoms with Crippen LogP contribution in [0.3, 0.4) is 0 Å². The standard InChI is InChI=1S/C14H16N2OS/c1-3-12(16-5-1)10-17-13-7-11(8-15-9-13)14-4-2-6-18-14/h2,4,6-9,12,16H,1,3,5,10H2/t12-/m0/s1. The highest BCUT2D eigenvalue weighted by Crippen LogP contribution is 2.26. The summed E-state index contributed by atoms with van der Waals surface area (Å²) in [5.74, 6) is 0.856. The number of rotatable bonds is 4. The lowest BCUT2D eigenvalue weighted by Crippen LogP contribution is -2.28. The van der Waals surface area contributed by atoms with Crippen molar-refractivity contribution in [3.8, 4) is 16.2 Å². The minimum Gasteiger partial charge on any atom is -0.490 e. The molecule has 1 atom stereocenters. The SMILES string of the molecule is c1csc(-c2cncc(OC[C@@H]3CCCN3)c2)c1. The number of ether oxygens (including phenoxy) is 1. The van der Waals surface area contributed by atoms with E-state index in [1.54, 1.807) is 17.5 Å². The van der Waals surface area contributed by atoms with Crippen molar-refractivity contribution in [3.05, 3.63) is 36.0 Å². The van der Waals surface area contributed by atoms with Crippen LogP contribution in [0.15, 0.2) is 36.0 Å². The highest BCUT2D eigenvalue weighted by molar-refractivity contribution is 7.13. The maximum Gasteiger partial charge on any atom is 0.138 e. The first-order chi connectivity index (χ1) is 8.92. The van der Waals surface area contributed by atoms with Gasteiger partial charge in [-0.2, -0.15) is 0 Å². The third-order valence-corrected chi connectivity index (χ3v) is 4.05. The predicted molar refractivity (Wildman–Crippen MR) is 74.1 cm³/mol. The van der Waals surface area contributed by atoms with E-state index in [-0.39, 0.29) is 0 Å². The molecule has 0 spiro atoms. The molecular weight excluding hydrogens is 244 g/mol. The van der Waals surface area contributed by atoms with E-state index in [2.05, 4.69) is 33.9 Å². The van der Waals surface area contributed by atoms with Gasteiger partial charge < -0.3 is 10.1 Å². The van der Waals surface area contributed by atoms with Crippen LogP contribution in [-0.4, -0.2) is 24.2 Å². The fraction of sp³-hybridized carbons (Fsp3) is 0.357. The van der Waals surface area contributed by atoms with E-state index in [9.17, 15) is 0 Å². The van der Waals surface area contributed by atoms with Gasteiger partial charge in [-0.25, -0.2) is 0 Å². The van der Waals surface area contributed by atoms with Crippen molar-refractivity contribution in [1.29, 1.82) is 0 Å². The van der Waals surface area contributed by atoms with Crippen molar-refractivity contribution in [3.63, 3.8) is 0 Å². The summed E-state index contributed by atoms with van der Waals surface area (Å²) in [7, 11) is 0. The molecule has 1 N–H and O–H groups in total. The molecule has 2 aromatic heterocycles. The second-order valence-electron chi connectivity index (χ2n) is 4.49. The maximum atomic E-state index is 5.81. The Kier molecular flexibility index (Phi) is 3.57. The van der Waals surface area contributed by atoms with E-state index in [1.807, 2.05) is 6.20 Å². The van der Waals surface area contributed by atoms with E-state index >= 15 is 0 Å². The Bertz CT molecular complexity index is 492. The number of nitrogens with zero attached hydrogens (tertiary/aromatic N) is 1. The van der Waals surface area contributed by atoms with E-state index in [4.69, 9.17) is 4.74 Å². The molecule has 3 heterocycles. The molecule has 1 saturated heterocycles. The molecule has 0 radical (unpaired) electrons. The first-order valence-corrected chi connectivity index (χ1v) is 7.15. The van der Waals surface area contributed by atoms with Crippen molar-refractivity contribution in [1.82, 2.24) is 10.3 Å². The van der Waals surface area contributed by atoms with Gasteiger partial charge in [0.2, 0.25) is 0 Å². The minimum atomic E-state index is 0.496. The van der Waals surface area contributed by atoms with Crippen LogP contribution in [0.25, 0.3) is 10.4 Å². The quantitative estimate of drug-likeness (QED) is 0.917. The Morgan fingerprint density at radius 3 is 3.22 bits per heavy atom. The molecule has 0 aliphatic carbocycles. The lowest BCUT2D eigenvalue weighted by Gasteiger charge is -2.12. The molecule has 2 aromatic rings. The van der Waals surface area contributed by atoms with Crippen LogP contribution in [0.5, 0.6) is 5.75 Å². The number of hydrogen-bond donors (Lipinski definition) is 1. The van der Waals surface area contributed by atoms with Gasteiger partial charge in [-0.05, 0) is 36.9 Å². The van der Waals surface area contributed by atoms with Gasteiger partial charge in [0.15, 0.2) is 0 Å². The van der Waals surface area contributed by atoms with Crippen LogP contribution in [0.1, 0.15) is 12.8 Å². The molecule has 18 heavy (non-hydrogen) atoms. The van der Waals surface area contributed by atoms with Crippen LogP contribution < -0.4 is 10.1 Å². The average molecular weight is 260 g/mol. The molecule has 3 rings (SSSR count). The third-order valence-electron chi connectivity index (χ3n) is 3.13. The summed E-state index contributed by atoms with van der Waals surface area (Å²) < 4.78 is 5.81. The van der Waals surface area contributed by atoms with Crippen molar-refractivity contribution in [2.75, 3.05) is 13.2 Å². The van der Waals surface area contributed by atoms with Crippen molar-refractivity contribution >= 4 is 11.3 Å². The van der Waals surface area contributed by atoms with Gasteiger partial charge in [-0.3, -0.25) is 4.98 Å². The van der Waals surface area contributed by atoms with Gasteiger partial charge in [0.05, 0.1) is 6.20 Å². The van der Waals surface area contributed by atoms with Gasteiger partial charge in [-0.15, -0.1) is 11.3 Å². The average Bonchev–Trinajstić information content (AvgIpc) is 3.10. The Labute approximate surface area is 111 Å². The Hall–Kier alpha value is -1.39. The summed E-state index contributed by atoms with van der Waals surface area (Å²) in [6.07, 6.45) is 6.12. The molecule has 0 bridgehead atoms. The summed E-state index contributed by atoms with van der Waals surface area (Å²) >= 11 is 1.72. The van der Waals surface area contributed by atoms with Gasteiger partial charge in [0.1, 0.15) is 12.4 Å². The molecule has 1 fully saturated rings. The number of aromatic nitrogens is 1. The molecule has 94 valence electrons. The summed E-state index contributed by atoms with van der Waals surface area (Å²) in [4.78, 5) is 5.48. The topological polar surface area (TPSA) is 34.1 Å². The Balaban J connectivity index is 1.67. The van der Waals surface area contributed by atoms with Crippen LogP contribution >= 0.6 is 11.3 Å². The third kappa shape index (κ3) is 2.71. The lowest BCUT2D eigenvalue weighted by atomic mass is 10.2. The Morgan fingerprint density at radius 1 is 1.44 bits per heavy atom. The predicted octanol–water partition coefficient (Wildman–Crippen LogP) is 2.94. The zero-order valence-electron chi connectivity index (χ0n) is 10.1. The van der Waals surface area contributed by atoms with Crippen molar-refractivity contribution in [2.24, 2.45) is 0 Å². The van der Waals surface area contributed by atoms with Gasteiger partial charge >= 0.3 is 0 Å². The summed E-state index contributed by atoms with van der Waals surface area (Å²) in [5.41, 5.74) is 1.13. The molecule has 0 aromatic carbocycles. The highest BCUT2D eigenvalue weighted by atomic mass is 32.1. The largest absolute Gasteiger partial charge is 0.490 e. The Morgan fingerprint density at radius 2 is 2.44 bits per heavy atom. The monoisotopic (exact) mass is 260 g/mol. The van der Waals surface area contributed by atoms with Crippen LogP contribution in [-0.2, 0) is 0 Å². The van der Waals surface area contributed by atoms with E-state index in [0.717, 1.165) is 24.5 Å². The first kappa shape index (κ1) is 11.7. The van der Waals surface area contributed by atoms with Gasteiger partial charge in [0.25, 0.3) is 0 Å². The fourth-order valence-electron chi connectivity index (χ4n) is 2.17. The molecular formula is C14H16N2OS.